The third-order valence-electron chi connectivity index (χ3n) is 3.69. The van der Waals surface area contributed by atoms with Gasteiger partial charge in [-0.05, 0) is 17.7 Å². The highest BCUT2D eigenvalue weighted by Crippen LogP contribution is 2.26. The van der Waals surface area contributed by atoms with Crippen LogP contribution in [-0.4, -0.2) is 47.0 Å². The van der Waals surface area contributed by atoms with Crippen molar-refractivity contribution in [3.05, 3.63) is 35.4 Å². The molecule has 0 unspecified atom stereocenters. The van der Waals surface area contributed by atoms with Crippen LogP contribution in [0, 0.1) is 11.3 Å². The molecule has 0 saturated heterocycles. The summed E-state index contributed by atoms with van der Waals surface area (Å²) in [6, 6.07) is 9.84. The van der Waals surface area contributed by atoms with E-state index in [-0.39, 0.29) is 11.8 Å². The molecule has 0 spiro atoms. The lowest BCUT2D eigenvalue weighted by atomic mass is 10.1. The van der Waals surface area contributed by atoms with Gasteiger partial charge in [-0.15, -0.1) is 0 Å². The maximum Gasteiger partial charge on any atom is 0.320 e. The van der Waals surface area contributed by atoms with Gasteiger partial charge in [0.15, 0.2) is 17.0 Å². The third-order valence-corrected chi connectivity index (χ3v) is 3.69. The molecular weight excluding hydrogens is 408 g/mol. The van der Waals surface area contributed by atoms with Crippen LogP contribution in [0.5, 0.6) is 12.0 Å². The Balaban J connectivity index is 0.00000148. The van der Waals surface area contributed by atoms with Crippen LogP contribution >= 0.6 is 0 Å². The molecular formula is C23H36N6O3. The molecule has 0 fully saturated rings. The average Bonchev–Trinajstić information content (AvgIpc) is 3.21. The number of ether oxygens (including phenoxy) is 3. The first kappa shape index (κ1) is 28.6. The monoisotopic (exact) mass is 444 g/mol. The molecule has 0 aliphatic carbocycles. The number of hydrogen-bond donors (Lipinski definition) is 1. The quantitative estimate of drug-likeness (QED) is 0.531. The van der Waals surface area contributed by atoms with Crippen LogP contribution in [0.2, 0.25) is 0 Å². The fourth-order valence-corrected chi connectivity index (χ4v) is 2.43. The number of aromatic nitrogens is 4. The van der Waals surface area contributed by atoms with E-state index in [1.807, 2.05) is 53.7 Å². The molecule has 2 heterocycles. The number of benzene rings is 1. The number of fused-ring (bicyclic) bond motifs is 1. The second-order valence-corrected chi connectivity index (χ2v) is 5.40. The molecule has 176 valence electrons. The third kappa shape index (κ3) is 7.71. The SMILES string of the molecule is CC.CC.CC.COCCOc1nc(N)c2nc(OC)n(Cc3ccc(C#N)cc3)c2n1. The first-order valence-corrected chi connectivity index (χ1v) is 10.8. The van der Waals surface area contributed by atoms with Gasteiger partial charge in [-0.25, -0.2) is 0 Å². The topological polar surface area (TPSA) is 121 Å². The van der Waals surface area contributed by atoms with E-state index >= 15 is 0 Å². The van der Waals surface area contributed by atoms with Gasteiger partial charge in [0.1, 0.15) is 6.61 Å². The van der Waals surface area contributed by atoms with E-state index in [0.29, 0.717) is 42.5 Å². The summed E-state index contributed by atoms with van der Waals surface area (Å²) >= 11 is 0. The largest absolute Gasteiger partial charge is 0.468 e. The zero-order valence-corrected chi connectivity index (χ0v) is 20.5. The summed E-state index contributed by atoms with van der Waals surface area (Å²) in [6.45, 7) is 13.2. The van der Waals surface area contributed by atoms with E-state index < -0.39 is 0 Å². The van der Waals surface area contributed by atoms with Crippen LogP contribution in [0.1, 0.15) is 52.7 Å². The van der Waals surface area contributed by atoms with Crippen molar-refractivity contribution >= 4 is 17.0 Å². The average molecular weight is 445 g/mol. The van der Waals surface area contributed by atoms with Crippen LogP contribution in [0.15, 0.2) is 24.3 Å². The van der Waals surface area contributed by atoms with Crippen molar-refractivity contribution in [1.82, 2.24) is 19.5 Å². The molecule has 2 N–H and O–H groups in total. The highest BCUT2D eigenvalue weighted by atomic mass is 16.5. The van der Waals surface area contributed by atoms with Crippen LogP contribution in [0.4, 0.5) is 5.82 Å². The van der Waals surface area contributed by atoms with Crippen molar-refractivity contribution < 1.29 is 14.2 Å². The minimum atomic E-state index is 0.149. The molecule has 3 aromatic rings. The lowest BCUT2D eigenvalue weighted by Crippen LogP contribution is -2.09. The van der Waals surface area contributed by atoms with Gasteiger partial charge in [-0.1, -0.05) is 53.7 Å². The maximum absolute atomic E-state index is 8.92. The molecule has 0 radical (unpaired) electrons. The van der Waals surface area contributed by atoms with E-state index in [1.54, 1.807) is 23.8 Å². The highest BCUT2D eigenvalue weighted by molar-refractivity contribution is 5.83. The van der Waals surface area contributed by atoms with Crippen LogP contribution in [0.25, 0.3) is 11.2 Å². The van der Waals surface area contributed by atoms with Crippen molar-refractivity contribution in [3.63, 3.8) is 0 Å². The first-order chi connectivity index (χ1) is 15.7. The summed E-state index contributed by atoms with van der Waals surface area (Å²) in [6.07, 6.45) is 0. The van der Waals surface area contributed by atoms with Gasteiger partial charge in [0.2, 0.25) is 0 Å². The van der Waals surface area contributed by atoms with Crippen molar-refractivity contribution in [1.29, 1.82) is 5.26 Å². The van der Waals surface area contributed by atoms with Gasteiger partial charge in [0.25, 0.3) is 6.01 Å². The van der Waals surface area contributed by atoms with Crippen molar-refractivity contribution in [2.75, 3.05) is 33.2 Å². The Morgan fingerprint density at radius 2 is 1.56 bits per heavy atom. The van der Waals surface area contributed by atoms with Gasteiger partial charge in [0, 0.05) is 7.11 Å². The van der Waals surface area contributed by atoms with Crippen LogP contribution in [-0.2, 0) is 11.3 Å². The Hall–Kier alpha value is -3.38. The number of nitrogens with zero attached hydrogens (tertiary/aromatic N) is 5. The van der Waals surface area contributed by atoms with Crippen molar-refractivity contribution in [2.45, 2.75) is 48.1 Å². The van der Waals surface area contributed by atoms with Gasteiger partial charge in [0.05, 0.1) is 31.9 Å². The smallest absolute Gasteiger partial charge is 0.320 e. The number of nitriles is 1. The maximum atomic E-state index is 8.92. The summed E-state index contributed by atoms with van der Waals surface area (Å²) in [4.78, 5) is 12.9. The summed E-state index contributed by atoms with van der Waals surface area (Å²) in [7, 11) is 3.11. The Kier molecular flexibility index (Phi) is 14.6. The van der Waals surface area contributed by atoms with Crippen LogP contribution < -0.4 is 15.2 Å². The lowest BCUT2D eigenvalue weighted by Gasteiger charge is -2.09. The molecule has 32 heavy (non-hydrogen) atoms. The molecule has 0 saturated carbocycles. The number of imidazole rings is 1. The molecule has 0 aliphatic heterocycles. The fourth-order valence-electron chi connectivity index (χ4n) is 2.43. The Morgan fingerprint density at radius 1 is 0.938 bits per heavy atom. The van der Waals surface area contributed by atoms with Gasteiger partial charge >= 0.3 is 6.01 Å². The number of hydrogen-bond acceptors (Lipinski definition) is 8. The summed E-state index contributed by atoms with van der Waals surface area (Å²) in [5.74, 6) is 0.208. The highest BCUT2D eigenvalue weighted by Gasteiger charge is 2.18. The van der Waals surface area contributed by atoms with E-state index in [1.165, 1.54) is 7.11 Å². The molecule has 0 amide bonds. The Bertz CT molecular complexity index is 949. The number of methoxy groups -OCH3 is 2. The molecule has 0 atom stereocenters. The number of rotatable bonds is 7. The van der Waals surface area contributed by atoms with E-state index in [4.69, 9.17) is 25.2 Å². The van der Waals surface area contributed by atoms with E-state index in [2.05, 4.69) is 21.0 Å². The van der Waals surface area contributed by atoms with Gasteiger partial charge in [-0.3, -0.25) is 4.57 Å². The second-order valence-electron chi connectivity index (χ2n) is 5.40. The van der Waals surface area contributed by atoms with E-state index in [9.17, 15) is 0 Å². The normalized spacial score (nSPS) is 9.22. The standard InChI is InChI=1S/C17H18N6O3.3C2H6/c1-24-7-8-26-16-21-14(19)13-15(22-16)23(17(20-13)25-2)10-12-5-3-11(9-18)4-6-12;3*1-2/h3-6H,7-8,10H2,1-2H3,(H2,19,21,22);3*1-2H3. The molecule has 3 rings (SSSR count). The molecule has 0 bridgehead atoms. The molecule has 2 aromatic heterocycles. The minimum Gasteiger partial charge on any atom is -0.468 e. The predicted molar refractivity (Wildman–Crippen MR) is 128 cm³/mol. The van der Waals surface area contributed by atoms with Crippen LogP contribution in [0.3, 0.4) is 0 Å². The Morgan fingerprint density at radius 3 is 2.09 bits per heavy atom. The fraction of sp³-hybridized carbons (Fsp3) is 0.478. The Labute approximate surface area is 191 Å². The molecule has 9 nitrogen and oxygen atoms in total. The van der Waals surface area contributed by atoms with E-state index in [0.717, 1.165) is 5.56 Å². The number of nitrogens with two attached hydrogens (primary N) is 1. The first-order valence-electron chi connectivity index (χ1n) is 10.8. The number of anilines is 1. The van der Waals surface area contributed by atoms with Gasteiger partial charge in [-0.2, -0.15) is 20.2 Å². The molecule has 9 heteroatoms. The summed E-state index contributed by atoms with van der Waals surface area (Å²) in [5.41, 5.74) is 8.50. The van der Waals surface area contributed by atoms with Gasteiger partial charge < -0.3 is 19.9 Å². The van der Waals surface area contributed by atoms with Crippen molar-refractivity contribution in [3.8, 4) is 18.1 Å². The molecule has 1 aromatic carbocycles. The lowest BCUT2D eigenvalue weighted by molar-refractivity contribution is 0.141. The summed E-state index contributed by atoms with van der Waals surface area (Å²) < 4.78 is 17.6. The molecule has 0 aliphatic rings. The predicted octanol–water partition coefficient (Wildman–Crippen LogP) is 4.44. The second kappa shape index (κ2) is 16.3. The zero-order valence-electron chi connectivity index (χ0n) is 20.5. The van der Waals surface area contributed by atoms with Crippen molar-refractivity contribution in [2.24, 2.45) is 0 Å². The number of nitrogen functional groups attached to an aromatic ring is 1. The zero-order chi connectivity index (χ0) is 24.5. The minimum absolute atomic E-state index is 0.149. The summed E-state index contributed by atoms with van der Waals surface area (Å²) in [5, 5.41) is 8.92.